The van der Waals surface area contributed by atoms with E-state index >= 15 is 0 Å². The summed E-state index contributed by atoms with van der Waals surface area (Å²) in [6.45, 7) is -0.722. The van der Waals surface area contributed by atoms with Gasteiger partial charge in [-0.1, -0.05) is 16.8 Å². The van der Waals surface area contributed by atoms with Crippen LogP contribution in [0.3, 0.4) is 0 Å². The number of aromatic nitrogens is 2. The first-order valence-electron chi connectivity index (χ1n) is 7.42. The normalized spacial score (nSPS) is 12.1. The number of halogens is 5. The molecule has 0 atom stereocenters. The van der Waals surface area contributed by atoms with Gasteiger partial charge in [-0.15, -0.1) is 0 Å². The highest BCUT2D eigenvalue weighted by atomic mass is 35.5. The quantitative estimate of drug-likeness (QED) is 0.154. The summed E-state index contributed by atoms with van der Waals surface area (Å²) in [7, 11) is 0. The average molecular weight is 426 g/mol. The van der Waals surface area contributed by atoms with E-state index in [1.165, 1.54) is 12.1 Å². The maximum absolute atomic E-state index is 13.2. The van der Waals surface area contributed by atoms with Crippen molar-refractivity contribution in [1.29, 1.82) is 0 Å². The number of hydrogen-bond donors (Lipinski definition) is 3. The van der Waals surface area contributed by atoms with Gasteiger partial charge in [-0.2, -0.15) is 13.2 Å². The van der Waals surface area contributed by atoms with Gasteiger partial charge in [0.1, 0.15) is 18.1 Å². The highest BCUT2D eigenvalue weighted by Crippen LogP contribution is 2.22. The van der Waals surface area contributed by atoms with Crippen LogP contribution in [-0.2, 0) is 16.1 Å². The standard InChI is InChI=1S/C14H12ClF4N5O4/c15-8-5-7(1-2-9(8)16)21-12(22-26)11-10(23-28-24-11)6-20-3-4-27-13(25)14(17,18)19/h1-2,5,20,26H,3-4,6H2,(H,21,22). The van der Waals surface area contributed by atoms with Crippen LogP contribution >= 0.6 is 11.6 Å². The van der Waals surface area contributed by atoms with E-state index in [4.69, 9.17) is 11.6 Å². The summed E-state index contributed by atoms with van der Waals surface area (Å²) in [5.41, 5.74) is 2.08. The Morgan fingerprint density at radius 3 is 2.75 bits per heavy atom. The molecule has 0 aliphatic heterocycles. The van der Waals surface area contributed by atoms with Crippen LogP contribution in [-0.4, -0.2) is 46.7 Å². The predicted molar refractivity (Wildman–Crippen MR) is 85.5 cm³/mol. The van der Waals surface area contributed by atoms with Gasteiger partial charge >= 0.3 is 12.1 Å². The van der Waals surface area contributed by atoms with Gasteiger partial charge in [0.15, 0.2) is 11.5 Å². The number of nitrogens with one attached hydrogen (secondary N) is 2. The molecule has 1 aromatic carbocycles. The highest BCUT2D eigenvalue weighted by Gasteiger charge is 2.40. The molecule has 0 fully saturated rings. The first-order valence-corrected chi connectivity index (χ1v) is 7.80. The van der Waals surface area contributed by atoms with E-state index in [9.17, 15) is 27.6 Å². The lowest BCUT2D eigenvalue weighted by atomic mass is 10.2. The topological polar surface area (TPSA) is 122 Å². The predicted octanol–water partition coefficient (Wildman–Crippen LogP) is 2.11. The van der Waals surface area contributed by atoms with Gasteiger partial charge in [0, 0.05) is 13.1 Å². The SMILES string of the molecule is O=C(OCCNCc1nonc1C(=Nc1ccc(F)c(Cl)c1)NO)C(F)(F)F. The average Bonchev–Trinajstić information content (AvgIpc) is 3.09. The molecule has 0 saturated carbocycles. The Hall–Kier alpha value is -2.77. The van der Waals surface area contributed by atoms with Crippen molar-refractivity contribution in [3.05, 3.63) is 40.4 Å². The zero-order valence-electron chi connectivity index (χ0n) is 13.8. The van der Waals surface area contributed by atoms with Crippen LogP contribution in [0.4, 0.5) is 23.2 Å². The Kier molecular flexibility index (Phi) is 7.25. The summed E-state index contributed by atoms with van der Waals surface area (Å²) >= 11 is 5.66. The van der Waals surface area contributed by atoms with Gasteiger partial charge in [0.2, 0.25) is 0 Å². The smallest absolute Gasteiger partial charge is 0.458 e. The third-order valence-electron chi connectivity index (χ3n) is 3.07. The van der Waals surface area contributed by atoms with Crippen molar-refractivity contribution in [2.75, 3.05) is 13.2 Å². The number of benzene rings is 1. The van der Waals surface area contributed by atoms with Crippen molar-refractivity contribution < 1.29 is 36.9 Å². The minimum atomic E-state index is -5.06. The molecule has 0 unspecified atom stereocenters. The van der Waals surface area contributed by atoms with Crippen LogP contribution in [0.25, 0.3) is 0 Å². The summed E-state index contributed by atoms with van der Waals surface area (Å²) in [6, 6.07) is 3.57. The van der Waals surface area contributed by atoms with Gasteiger partial charge in [-0.05, 0) is 23.4 Å². The number of ether oxygens (including phenoxy) is 1. The number of nitrogens with zero attached hydrogens (tertiary/aromatic N) is 3. The van der Waals surface area contributed by atoms with E-state index in [-0.39, 0.29) is 41.0 Å². The molecule has 1 heterocycles. The molecule has 1 aromatic heterocycles. The van der Waals surface area contributed by atoms with Crippen LogP contribution in [0.1, 0.15) is 11.4 Å². The van der Waals surface area contributed by atoms with E-state index in [1.807, 2.05) is 0 Å². The molecule has 14 heteroatoms. The van der Waals surface area contributed by atoms with Crippen LogP contribution in [0.2, 0.25) is 5.02 Å². The van der Waals surface area contributed by atoms with Gasteiger partial charge in [0.05, 0.1) is 10.7 Å². The van der Waals surface area contributed by atoms with Crippen LogP contribution in [0, 0.1) is 5.82 Å². The number of amidine groups is 1. The monoisotopic (exact) mass is 425 g/mol. The van der Waals surface area contributed by atoms with Gasteiger partial charge in [-0.25, -0.2) is 18.8 Å². The van der Waals surface area contributed by atoms with Crippen LogP contribution in [0.5, 0.6) is 0 Å². The van der Waals surface area contributed by atoms with Crippen LogP contribution in [0.15, 0.2) is 27.8 Å². The number of aliphatic imine (C=N–C) groups is 1. The maximum Gasteiger partial charge on any atom is 0.490 e. The first kappa shape index (κ1) is 21.5. The summed E-state index contributed by atoms with van der Waals surface area (Å²) in [4.78, 5) is 14.6. The molecule has 0 aliphatic carbocycles. The zero-order valence-corrected chi connectivity index (χ0v) is 14.5. The number of esters is 1. The lowest BCUT2D eigenvalue weighted by Crippen LogP contribution is -2.29. The Morgan fingerprint density at radius 2 is 2.11 bits per heavy atom. The van der Waals surface area contributed by atoms with Crippen molar-refractivity contribution in [2.45, 2.75) is 12.7 Å². The molecule has 2 aromatic rings. The Balaban J connectivity index is 1.98. The second-order valence-corrected chi connectivity index (χ2v) is 5.45. The fourth-order valence-corrected chi connectivity index (χ4v) is 2.00. The molecule has 0 amide bonds. The molecule has 28 heavy (non-hydrogen) atoms. The fraction of sp³-hybridized carbons (Fsp3) is 0.286. The Morgan fingerprint density at radius 1 is 1.36 bits per heavy atom. The van der Waals surface area contributed by atoms with Crippen molar-refractivity contribution in [3.8, 4) is 0 Å². The molecule has 3 N–H and O–H groups in total. The molecule has 9 nitrogen and oxygen atoms in total. The van der Waals surface area contributed by atoms with Gasteiger partial charge in [-0.3, -0.25) is 10.7 Å². The number of carbonyl (C=O) groups excluding carboxylic acids is 1. The van der Waals surface area contributed by atoms with E-state index < -0.39 is 24.6 Å². The Labute approximate surface area is 159 Å². The lowest BCUT2D eigenvalue weighted by Gasteiger charge is -2.08. The number of alkyl halides is 3. The molecular weight excluding hydrogens is 414 g/mol. The third kappa shape index (κ3) is 5.87. The molecule has 0 radical (unpaired) electrons. The second kappa shape index (κ2) is 9.43. The lowest BCUT2D eigenvalue weighted by molar-refractivity contribution is -0.199. The van der Waals surface area contributed by atoms with Crippen molar-refractivity contribution in [1.82, 2.24) is 21.1 Å². The summed E-state index contributed by atoms with van der Waals surface area (Å²) in [5.74, 6) is -3.16. The maximum atomic E-state index is 13.2. The summed E-state index contributed by atoms with van der Waals surface area (Å²) < 4.78 is 57.7. The molecule has 152 valence electrons. The molecule has 0 spiro atoms. The first-order chi connectivity index (χ1) is 13.2. The van der Waals surface area contributed by atoms with Gasteiger partial charge in [0.25, 0.3) is 0 Å². The van der Waals surface area contributed by atoms with E-state index in [1.54, 1.807) is 5.48 Å². The van der Waals surface area contributed by atoms with Crippen LogP contribution < -0.4 is 10.8 Å². The largest absolute Gasteiger partial charge is 0.490 e. The van der Waals surface area contributed by atoms with E-state index in [0.717, 1.165) is 6.07 Å². The van der Waals surface area contributed by atoms with Crippen molar-refractivity contribution in [2.24, 2.45) is 4.99 Å². The number of rotatable bonds is 7. The van der Waals surface area contributed by atoms with Crippen molar-refractivity contribution >= 4 is 29.1 Å². The Bertz CT molecular complexity index is 858. The van der Waals surface area contributed by atoms with Gasteiger partial charge < -0.3 is 10.1 Å². The minimum absolute atomic E-state index is 0.0252. The number of hydroxylamine groups is 1. The highest BCUT2D eigenvalue weighted by molar-refractivity contribution is 6.31. The molecule has 2 rings (SSSR count). The third-order valence-corrected chi connectivity index (χ3v) is 3.36. The molecular formula is C14H12ClF4N5O4. The molecule has 0 aliphatic rings. The fourth-order valence-electron chi connectivity index (χ4n) is 1.82. The van der Waals surface area contributed by atoms with E-state index in [0.29, 0.717) is 0 Å². The molecule has 0 saturated heterocycles. The minimum Gasteiger partial charge on any atom is -0.458 e. The van der Waals surface area contributed by atoms with E-state index in [2.05, 4.69) is 30.0 Å². The summed E-state index contributed by atoms with van der Waals surface area (Å²) in [5, 5.41) is 18.9. The number of hydrogen-bond acceptors (Lipinski definition) is 8. The van der Waals surface area contributed by atoms with Crippen molar-refractivity contribution in [3.63, 3.8) is 0 Å². The second-order valence-electron chi connectivity index (χ2n) is 5.04. The molecule has 0 bridgehead atoms. The summed E-state index contributed by atoms with van der Waals surface area (Å²) in [6.07, 6.45) is -5.06. The number of carbonyl (C=O) groups is 1. The zero-order chi connectivity index (χ0) is 20.7.